The highest BCUT2D eigenvalue weighted by Crippen LogP contribution is 2.17. The minimum absolute atomic E-state index is 0.00567. The lowest BCUT2D eigenvalue weighted by atomic mass is 10.0. The molecule has 27 heavy (non-hydrogen) atoms. The zero-order valence-electron chi connectivity index (χ0n) is 15.7. The topological polar surface area (TPSA) is 52.6 Å². The van der Waals surface area contributed by atoms with E-state index in [1.807, 2.05) is 55.5 Å². The average molecular weight is 366 g/mol. The van der Waals surface area contributed by atoms with Crippen molar-refractivity contribution in [1.29, 1.82) is 0 Å². The summed E-state index contributed by atoms with van der Waals surface area (Å²) in [7, 11) is 0. The minimum atomic E-state index is 0.00567. The number of ketones is 1. The first-order chi connectivity index (χ1) is 13.2. The predicted octanol–water partition coefficient (Wildman–Crippen LogP) is 5.06. The standard InChI is InChI=1S/C23H26O4/c1-2-7-19-8-10-20(11-9-19)23(25)21-12-14-22(15-13-21)27-17-6-4-3-5-16-26-18-24/h2,7-15,18H,3-6,16-17H2,1H3/b7-2+. The van der Waals surface area contributed by atoms with Gasteiger partial charge in [-0.15, -0.1) is 0 Å². The Hall–Kier alpha value is -2.88. The van der Waals surface area contributed by atoms with Crippen molar-refractivity contribution in [2.24, 2.45) is 0 Å². The fourth-order valence-corrected chi connectivity index (χ4v) is 2.69. The number of carbonyl (C=O) groups excluding carboxylic acids is 2. The third kappa shape index (κ3) is 7.10. The summed E-state index contributed by atoms with van der Waals surface area (Å²) < 4.78 is 10.4. The van der Waals surface area contributed by atoms with Gasteiger partial charge in [0, 0.05) is 11.1 Å². The van der Waals surface area contributed by atoms with Crippen molar-refractivity contribution in [2.75, 3.05) is 13.2 Å². The van der Waals surface area contributed by atoms with Gasteiger partial charge in [-0.25, -0.2) is 0 Å². The maximum absolute atomic E-state index is 12.5. The molecule has 2 aromatic carbocycles. The minimum Gasteiger partial charge on any atom is -0.494 e. The molecule has 4 heteroatoms. The molecule has 0 aliphatic heterocycles. The molecule has 0 radical (unpaired) electrons. The van der Waals surface area contributed by atoms with Gasteiger partial charge < -0.3 is 9.47 Å². The molecule has 0 heterocycles. The van der Waals surface area contributed by atoms with Gasteiger partial charge in [0.15, 0.2) is 5.78 Å². The van der Waals surface area contributed by atoms with Crippen molar-refractivity contribution in [3.63, 3.8) is 0 Å². The number of carbonyl (C=O) groups is 2. The fourth-order valence-electron chi connectivity index (χ4n) is 2.69. The van der Waals surface area contributed by atoms with Gasteiger partial charge in [0.05, 0.1) is 13.2 Å². The summed E-state index contributed by atoms with van der Waals surface area (Å²) in [5.74, 6) is 0.769. The van der Waals surface area contributed by atoms with Crippen LogP contribution in [0.2, 0.25) is 0 Å². The molecule has 2 aromatic rings. The average Bonchev–Trinajstić information content (AvgIpc) is 2.71. The van der Waals surface area contributed by atoms with E-state index in [-0.39, 0.29) is 5.78 Å². The maximum Gasteiger partial charge on any atom is 0.293 e. The first kappa shape index (κ1) is 20.4. The number of hydrogen-bond donors (Lipinski definition) is 0. The van der Waals surface area contributed by atoms with E-state index in [1.54, 1.807) is 12.1 Å². The number of benzene rings is 2. The highest BCUT2D eigenvalue weighted by Gasteiger charge is 2.09. The third-order valence-electron chi connectivity index (χ3n) is 4.14. The SMILES string of the molecule is C/C=C/c1ccc(C(=O)c2ccc(OCCCCCCOC=O)cc2)cc1. The Morgan fingerprint density at radius 2 is 1.44 bits per heavy atom. The van der Waals surface area contributed by atoms with E-state index in [0.29, 0.717) is 30.8 Å². The van der Waals surface area contributed by atoms with Crippen LogP contribution >= 0.6 is 0 Å². The number of rotatable bonds is 12. The smallest absolute Gasteiger partial charge is 0.293 e. The Labute approximate surface area is 160 Å². The summed E-state index contributed by atoms with van der Waals surface area (Å²) in [5.41, 5.74) is 2.40. The molecule has 0 spiro atoms. The van der Waals surface area contributed by atoms with E-state index in [4.69, 9.17) is 4.74 Å². The number of unbranched alkanes of at least 4 members (excludes halogenated alkanes) is 3. The molecule has 0 unspecified atom stereocenters. The van der Waals surface area contributed by atoms with Crippen LogP contribution < -0.4 is 4.74 Å². The van der Waals surface area contributed by atoms with Gasteiger partial charge in [-0.3, -0.25) is 9.59 Å². The lowest BCUT2D eigenvalue weighted by Crippen LogP contribution is -2.02. The summed E-state index contributed by atoms with van der Waals surface area (Å²) in [6, 6.07) is 14.8. The van der Waals surface area contributed by atoms with E-state index in [2.05, 4.69) is 4.74 Å². The van der Waals surface area contributed by atoms with Crippen LogP contribution in [0.5, 0.6) is 5.75 Å². The van der Waals surface area contributed by atoms with E-state index < -0.39 is 0 Å². The zero-order chi connectivity index (χ0) is 19.3. The van der Waals surface area contributed by atoms with Crippen LogP contribution in [0.4, 0.5) is 0 Å². The van der Waals surface area contributed by atoms with Crippen LogP contribution in [0.25, 0.3) is 6.08 Å². The molecule has 0 aliphatic rings. The van der Waals surface area contributed by atoms with Gasteiger partial charge in [-0.05, 0) is 62.4 Å². The van der Waals surface area contributed by atoms with Gasteiger partial charge in [-0.2, -0.15) is 0 Å². The Bertz CT molecular complexity index is 730. The Kier molecular flexibility index (Phi) is 8.84. The molecule has 0 saturated carbocycles. The molecule has 2 rings (SSSR count). The lowest BCUT2D eigenvalue weighted by Gasteiger charge is -2.07. The molecule has 0 N–H and O–H groups in total. The number of allylic oxidation sites excluding steroid dienone is 1. The molecule has 0 fully saturated rings. The second-order valence-corrected chi connectivity index (χ2v) is 6.21. The van der Waals surface area contributed by atoms with E-state index in [1.165, 1.54) is 0 Å². The molecular weight excluding hydrogens is 340 g/mol. The van der Waals surface area contributed by atoms with Gasteiger partial charge in [-0.1, -0.05) is 36.4 Å². The lowest BCUT2D eigenvalue weighted by molar-refractivity contribution is -0.128. The van der Waals surface area contributed by atoms with Crippen LogP contribution in [0.15, 0.2) is 54.6 Å². The largest absolute Gasteiger partial charge is 0.494 e. The fraction of sp³-hybridized carbons (Fsp3) is 0.304. The van der Waals surface area contributed by atoms with Crippen LogP contribution in [0, 0.1) is 0 Å². The Morgan fingerprint density at radius 1 is 0.852 bits per heavy atom. The van der Waals surface area contributed by atoms with Gasteiger partial charge in [0.2, 0.25) is 0 Å². The Morgan fingerprint density at radius 3 is 2.04 bits per heavy atom. The van der Waals surface area contributed by atoms with Crippen molar-refractivity contribution in [3.05, 3.63) is 71.3 Å². The summed E-state index contributed by atoms with van der Waals surface area (Å²) >= 11 is 0. The molecule has 0 bridgehead atoms. The molecule has 0 amide bonds. The monoisotopic (exact) mass is 366 g/mol. The highest BCUT2D eigenvalue weighted by molar-refractivity contribution is 6.09. The van der Waals surface area contributed by atoms with Crippen LogP contribution in [-0.2, 0) is 9.53 Å². The third-order valence-corrected chi connectivity index (χ3v) is 4.14. The predicted molar refractivity (Wildman–Crippen MR) is 107 cm³/mol. The van der Waals surface area contributed by atoms with Gasteiger partial charge in [0.25, 0.3) is 6.47 Å². The van der Waals surface area contributed by atoms with Crippen molar-refractivity contribution in [1.82, 2.24) is 0 Å². The summed E-state index contributed by atoms with van der Waals surface area (Å²) in [5, 5.41) is 0. The molecule has 0 saturated heterocycles. The molecule has 0 aliphatic carbocycles. The second kappa shape index (κ2) is 11.7. The summed E-state index contributed by atoms with van der Waals surface area (Å²) in [6.07, 6.45) is 7.84. The van der Waals surface area contributed by atoms with E-state index in [9.17, 15) is 9.59 Å². The first-order valence-corrected chi connectivity index (χ1v) is 9.30. The van der Waals surface area contributed by atoms with Crippen LogP contribution in [-0.4, -0.2) is 25.5 Å². The maximum atomic E-state index is 12.5. The van der Waals surface area contributed by atoms with Crippen molar-refractivity contribution in [2.45, 2.75) is 32.6 Å². The quantitative estimate of drug-likeness (QED) is 0.299. The normalized spacial score (nSPS) is 10.7. The molecular formula is C23H26O4. The van der Waals surface area contributed by atoms with Gasteiger partial charge >= 0.3 is 0 Å². The molecule has 0 aromatic heterocycles. The van der Waals surface area contributed by atoms with Crippen molar-refractivity contribution in [3.8, 4) is 5.75 Å². The van der Waals surface area contributed by atoms with Crippen LogP contribution in [0.1, 0.15) is 54.1 Å². The molecule has 142 valence electrons. The van der Waals surface area contributed by atoms with Crippen molar-refractivity contribution < 1.29 is 19.1 Å². The van der Waals surface area contributed by atoms with Crippen LogP contribution in [0.3, 0.4) is 0 Å². The second-order valence-electron chi connectivity index (χ2n) is 6.21. The molecule has 0 atom stereocenters. The van der Waals surface area contributed by atoms with Crippen molar-refractivity contribution >= 4 is 18.3 Å². The first-order valence-electron chi connectivity index (χ1n) is 9.30. The van der Waals surface area contributed by atoms with E-state index in [0.717, 1.165) is 37.0 Å². The number of hydrogen-bond acceptors (Lipinski definition) is 4. The zero-order valence-corrected chi connectivity index (χ0v) is 15.7. The van der Waals surface area contributed by atoms with E-state index >= 15 is 0 Å². The summed E-state index contributed by atoms with van der Waals surface area (Å²) in [6.45, 7) is 3.57. The van der Waals surface area contributed by atoms with Gasteiger partial charge in [0.1, 0.15) is 5.75 Å². The highest BCUT2D eigenvalue weighted by atomic mass is 16.5. The number of ether oxygens (including phenoxy) is 2. The summed E-state index contributed by atoms with van der Waals surface area (Å²) in [4.78, 5) is 22.6. The molecule has 4 nitrogen and oxygen atoms in total. The Balaban J connectivity index is 1.77.